The summed E-state index contributed by atoms with van der Waals surface area (Å²) in [5.41, 5.74) is 2.21. The van der Waals surface area contributed by atoms with Crippen molar-refractivity contribution < 1.29 is 19.0 Å². The van der Waals surface area contributed by atoms with Crippen LogP contribution in [0.25, 0.3) is 11.2 Å². The number of aryl methyl sites for hydroxylation is 2. The van der Waals surface area contributed by atoms with E-state index in [-0.39, 0.29) is 36.3 Å². The Morgan fingerprint density at radius 2 is 1.85 bits per heavy atom. The maximum absolute atomic E-state index is 13.4. The fourth-order valence-electron chi connectivity index (χ4n) is 5.61. The van der Waals surface area contributed by atoms with Gasteiger partial charge in [0.25, 0.3) is 5.56 Å². The lowest BCUT2D eigenvalue weighted by atomic mass is 9.95. The highest BCUT2D eigenvalue weighted by Crippen LogP contribution is 2.40. The second-order valence-electron chi connectivity index (χ2n) is 11.0. The Bertz CT molecular complexity index is 2180. The molecule has 0 unspecified atom stereocenters. The molecule has 2 aromatic carbocycles. The number of nitrogens with zero attached hydrogens (tertiary/aromatic N) is 5. The van der Waals surface area contributed by atoms with Crippen molar-refractivity contribution in [3.63, 3.8) is 0 Å². The molecule has 0 saturated carbocycles. The Kier molecular flexibility index (Phi) is 9.27. The van der Waals surface area contributed by atoms with E-state index in [4.69, 9.17) is 42.4 Å². The highest BCUT2D eigenvalue weighted by atomic mass is 35.5. The fourth-order valence-corrected chi connectivity index (χ4v) is 7.30. The minimum atomic E-state index is -0.536. The van der Waals surface area contributed by atoms with Gasteiger partial charge in [0.2, 0.25) is 0 Å². The van der Waals surface area contributed by atoms with Gasteiger partial charge in [-0.15, -0.1) is 11.3 Å². The van der Waals surface area contributed by atoms with Crippen LogP contribution in [0.5, 0.6) is 17.5 Å². The zero-order valence-corrected chi connectivity index (χ0v) is 28.5. The summed E-state index contributed by atoms with van der Waals surface area (Å²) in [6.07, 6.45) is 5.55. The second kappa shape index (κ2) is 13.4. The first-order valence-electron chi connectivity index (χ1n) is 14.9. The van der Waals surface area contributed by atoms with E-state index in [9.17, 15) is 14.4 Å². The number of halogens is 2. The lowest BCUT2D eigenvalue weighted by Crippen LogP contribution is -2.37. The molecule has 3 aromatic heterocycles. The van der Waals surface area contributed by atoms with Crippen LogP contribution in [0.4, 0.5) is 5.00 Å². The molecular weight excluding hydrogens is 665 g/mol. The third-order valence-electron chi connectivity index (χ3n) is 8.01. The summed E-state index contributed by atoms with van der Waals surface area (Å²) >= 11 is 14.1. The number of carbonyl (C=O) groups excluding carboxylic acids is 1. The van der Waals surface area contributed by atoms with Crippen LogP contribution in [-0.2, 0) is 38.2 Å². The first-order chi connectivity index (χ1) is 22.6. The SMILES string of the molecule is CCOC(=O)c1c(N=Cc2ccc(Oc3nc4c(c(=O)n(C)c(=O)n4C)n3Cc3ccc(Cl)cc3Cl)c(OC)c2)sc2c1CCCC2. The Balaban J connectivity index is 1.38. The Morgan fingerprint density at radius 1 is 1.06 bits per heavy atom. The number of rotatable bonds is 9. The normalized spacial score (nSPS) is 12.9. The molecule has 0 aliphatic heterocycles. The first kappa shape index (κ1) is 32.5. The van der Waals surface area contributed by atoms with Gasteiger partial charge in [0.05, 0.1) is 25.8 Å². The first-order valence-corrected chi connectivity index (χ1v) is 16.5. The average molecular weight is 697 g/mol. The van der Waals surface area contributed by atoms with Crippen molar-refractivity contribution >= 4 is 62.9 Å². The van der Waals surface area contributed by atoms with Crippen molar-refractivity contribution in [2.75, 3.05) is 13.7 Å². The fraction of sp³-hybridized carbons (Fsp3) is 0.303. The van der Waals surface area contributed by atoms with Crippen LogP contribution in [0.2, 0.25) is 10.0 Å². The number of imidazole rings is 1. The number of ether oxygens (including phenoxy) is 3. The van der Waals surface area contributed by atoms with E-state index in [0.717, 1.165) is 35.8 Å². The van der Waals surface area contributed by atoms with Crippen LogP contribution in [0.1, 0.15) is 51.7 Å². The van der Waals surface area contributed by atoms with E-state index < -0.39 is 11.2 Å². The van der Waals surface area contributed by atoms with Crippen LogP contribution in [0.3, 0.4) is 0 Å². The molecule has 0 N–H and O–H groups in total. The molecule has 1 aliphatic rings. The molecule has 0 atom stereocenters. The van der Waals surface area contributed by atoms with Crippen molar-refractivity contribution in [3.8, 4) is 17.5 Å². The van der Waals surface area contributed by atoms with Crippen LogP contribution >= 0.6 is 34.5 Å². The van der Waals surface area contributed by atoms with Crippen LogP contribution < -0.4 is 20.7 Å². The van der Waals surface area contributed by atoms with Gasteiger partial charge in [-0.1, -0.05) is 29.3 Å². The molecule has 11 nitrogen and oxygen atoms in total. The predicted molar refractivity (Wildman–Crippen MR) is 183 cm³/mol. The van der Waals surface area contributed by atoms with E-state index in [1.165, 1.54) is 42.0 Å². The number of esters is 1. The summed E-state index contributed by atoms with van der Waals surface area (Å²) in [5, 5.41) is 1.48. The lowest BCUT2D eigenvalue weighted by molar-refractivity contribution is 0.0526. The summed E-state index contributed by atoms with van der Waals surface area (Å²) in [5.74, 6) is 0.328. The number of methoxy groups -OCH3 is 1. The average Bonchev–Trinajstić information content (AvgIpc) is 3.61. The minimum Gasteiger partial charge on any atom is -0.493 e. The van der Waals surface area contributed by atoms with Gasteiger partial charge in [0.1, 0.15) is 5.00 Å². The molecule has 1 aliphatic carbocycles. The summed E-state index contributed by atoms with van der Waals surface area (Å²) in [6.45, 7) is 2.19. The maximum atomic E-state index is 13.4. The van der Waals surface area contributed by atoms with E-state index in [1.807, 2.05) is 0 Å². The summed E-state index contributed by atoms with van der Waals surface area (Å²) in [6, 6.07) is 10.3. The van der Waals surface area contributed by atoms with E-state index >= 15 is 0 Å². The Labute approximate surface area is 283 Å². The van der Waals surface area contributed by atoms with Gasteiger partial charge in [-0.3, -0.25) is 18.5 Å². The summed E-state index contributed by atoms with van der Waals surface area (Å²) in [7, 11) is 4.44. The summed E-state index contributed by atoms with van der Waals surface area (Å²) in [4.78, 5) is 49.4. The molecule has 0 radical (unpaired) electrons. The molecule has 0 spiro atoms. The molecule has 0 bridgehead atoms. The van der Waals surface area contributed by atoms with Gasteiger partial charge in [-0.25, -0.2) is 14.6 Å². The van der Waals surface area contributed by atoms with Crippen LogP contribution in [0, 0.1) is 0 Å². The number of fused-ring (bicyclic) bond motifs is 2. The highest BCUT2D eigenvalue weighted by Gasteiger charge is 2.26. The number of hydrogen-bond donors (Lipinski definition) is 0. The molecule has 47 heavy (non-hydrogen) atoms. The van der Waals surface area contributed by atoms with Gasteiger partial charge in [0.15, 0.2) is 22.7 Å². The largest absolute Gasteiger partial charge is 0.493 e. The number of aliphatic imine (C=N–C) groups is 1. The van der Waals surface area contributed by atoms with Crippen molar-refractivity contribution in [1.29, 1.82) is 0 Å². The van der Waals surface area contributed by atoms with Crippen molar-refractivity contribution in [1.82, 2.24) is 18.7 Å². The number of benzene rings is 2. The highest BCUT2D eigenvalue weighted by molar-refractivity contribution is 7.16. The monoisotopic (exact) mass is 695 g/mol. The van der Waals surface area contributed by atoms with Crippen LogP contribution in [-0.4, -0.2) is 44.6 Å². The molecule has 5 aromatic rings. The molecule has 14 heteroatoms. The molecule has 0 fully saturated rings. The maximum Gasteiger partial charge on any atom is 0.341 e. The van der Waals surface area contributed by atoms with Gasteiger partial charge < -0.3 is 14.2 Å². The molecule has 0 saturated heterocycles. The van der Waals surface area contributed by atoms with E-state index in [2.05, 4.69) is 4.98 Å². The molecular formula is C33H31Cl2N5O6S. The number of thiophene rings is 1. The van der Waals surface area contributed by atoms with Gasteiger partial charge >= 0.3 is 17.7 Å². The number of aromatic nitrogens is 4. The van der Waals surface area contributed by atoms with E-state index in [0.29, 0.717) is 43.2 Å². The van der Waals surface area contributed by atoms with Gasteiger partial charge in [0, 0.05) is 35.2 Å². The molecule has 3 heterocycles. The zero-order valence-electron chi connectivity index (χ0n) is 26.1. The smallest absolute Gasteiger partial charge is 0.341 e. The lowest BCUT2D eigenvalue weighted by Gasteiger charge is -2.13. The van der Waals surface area contributed by atoms with Gasteiger partial charge in [-0.2, -0.15) is 4.98 Å². The molecule has 244 valence electrons. The number of carbonyl (C=O) groups is 1. The van der Waals surface area contributed by atoms with Crippen molar-refractivity contribution in [2.45, 2.75) is 39.2 Å². The molecule has 0 amide bonds. The topological polar surface area (TPSA) is 119 Å². The zero-order chi connectivity index (χ0) is 33.4. The predicted octanol–water partition coefficient (Wildman–Crippen LogP) is 6.46. The van der Waals surface area contributed by atoms with Crippen molar-refractivity contribution in [3.05, 3.63) is 94.4 Å². The summed E-state index contributed by atoms with van der Waals surface area (Å²) < 4.78 is 21.2. The quantitative estimate of drug-likeness (QED) is 0.128. The Hall–Kier alpha value is -4.39. The van der Waals surface area contributed by atoms with E-state index in [1.54, 1.807) is 54.1 Å². The number of hydrogen-bond acceptors (Lipinski definition) is 9. The third-order valence-corrected chi connectivity index (χ3v) is 9.80. The molecule has 6 rings (SSSR count). The third kappa shape index (κ3) is 6.20. The van der Waals surface area contributed by atoms with Crippen molar-refractivity contribution in [2.24, 2.45) is 19.1 Å². The second-order valence-corrected chi connectivity index (χ2v) is 12.9. The standard InChI is InChI=1S/C33H31Cl2N5O6S/c1-5-45-31(42)26-21-8-6-7-9-25(21)47-29(26)36-16-18-10-13-23(24(14-18)44-4)46-32-37-28-27(30(41)39(3)33(43)38(28)2)40(32)17-19-11-12-20(34)15-22(19)35/h10-16H,5-9,17H2,1-4H3. The Morgan fingerprint density at radius 3 is 2.60 bits per heavy atom. The van der Waals surface area contributed by atoms with Gasteiger partial charge in [-0.05, 0) is 79.6 Å². The van der Waals surface area contributed by atoms with Crippen LogP contribution in [0.15, 0.2) is 51.0 Å². The minimum absolute atomic E-state index is 0.0484.